The molecular weight excluding hydrogens is 733 g/mol. The molecule has 49 heavy (non-hydrogen) atoms. The quantitative estimate of drug-likeness (QED) is 0.203. The topological polar surface area (TPSA) is 136 Å². The molecule has 1 unspecified atom stereocenters. The standard InChI is InChI=1S/C32H35BrClF3N8O4/c1-29(2,3)48-27(46)42-25-24-26(40-16-39-25)45(17-41-24)14-20-21(33)12-19(34)13-22(20)44-10-8-31(15-44,43-28(47)49-30(4,5)6)23-11-18(7-9-38-23)32(35,36)37/h7,9,11-13,16-17H,8,10,14-15H2,1-6H3,(H,43,47)(H,39,40,42,46). The van der Waals surface area contributed by atoms with Crippen molar-refractivity contribution in [3.05, 3.63) is 69.4 Å². The van der Waals surface area contributed by atoms with Crippen molar-refractivity contribution in [2.75, 3.05) is 23.3 Å². The Balaban J connectivity index is 1.50. The van der Waals surface area contributed by atoms with E-state index in [0.29, 0.717) is 32.9 Å². The number of alkyl halides is 3. The molecular formula is C32H35BrClF3N8O4. The van der Waals surface area contributed by atoms with E-state index in [0.717, 1.165) is 23.9 Å². The van der Waals surface area contributed by atoms with Crippen LogP contribution in [0.5, 0.6) is 0 Å². The van der Waals surface area contributed by atoms with Gasteiger partial charge in [-0.15, -0.1) is 0 Å². The fraction of sp³-hybridized carbons (Fsp3) is 0.438. The number of amides is 2. The van der Waals surface area contributed by atoms with Crippen molar-refractivity contribution >= 4 is 62.4 Å². The van der Waals surface area contributed by atoms with E-state index in [2.05, 4.69) is 46.5 Å². The van der Waals surface area contributed by atoms with Gasteiger partial charge in [0.25, 0.3) is 0 Å². The molecule has 1 aromatic carbocycles. The predicted octanol–water partition coefficient (Wildman–Crippen LogP) is 7.68. The largest absolute Gasteiger partial charge is 0.444 e. The summed E-state index contributed by atoms with van der Waals surface area (Å²) in [5.74, 6) is 0.166. The molecule has 12 nitrogen and oxygen atoms in total. The number of fused-ring (bicyclic) bond motifs is 1. The first-order chi connectivity index (χ1) is 22.7. The van der Waals surface area contributed by atoms with Gasteiger partial charge < -0.3 is 24.3 Å². The van der Waals surface area contributed by atoms with E-state index in [1.54, 1.807) is 64.6 Å². The number of carbonyl (C=O) groups is 2. The average molecular weight is 768 g/mol. The molecule has 1 fully saturated rings. The number of nitrogens with one attached hydrogen (secondary N) is 2. The lowest BCUT2D eigenvalue weighted by Gasteiger charge is -2.32. The normalized spacial score (nSPS) is 16.9. The van der Waals surface area contributed by atoms with Gasteiger partial charge in [0.05, 0.1) is 24.1 Å². The molecule has 4 heterocycles. The van der Waals surface area contributed by atoms with Crippen LogP contribution in [0.25, 0.3) is 11.2 Å². The highest BCUT2D eigenvalue weighted by molar-refractivity contribution is 9.10. The zero-order valence-corrected chi connectivity index (χ0v) is 29.9. The summed E-state index contributed by atoms with van der Waals surface area (Å²) in [4.78, 5) is 44.8. The average Bonchev–Trinajstić information content (AvgIpc) is 3.57. The maximum absolute atomic E-state index is 13.8. The second kappa shape index (κ2) is 13.3. The third kappa shape index (κ3) is 8.52. The highest BCUT2D eigenvalue weighted by Gasteiger charge is 2.45. The van der Waals surface area contributed by atoms with Crippen molar-refractivity contribution in [1.82, 2.24) is 29.8 Å². The first-order valence-corrected chi connectivity index (χ1v) is 16.3. The van der Waals surface area contributed by atoms with Gasteiger partial charge in [-0.25, -0.2) is 24.5 Å². The Morgan fingerprint density at radius 1 is 1.00 bits per heavy atom. The minimum Gasteiger partial charge on any atom is -0.444 e. The summed E-state index contributed by atoms with van der Waals surface area (Å²) in [6.45, 7) is 10.9. The van der Waals surface area contributed by atoms with Crippen LogP contribution in [0.15, 0.2) is 47.6 Å². The van der Waals surface area contributed by atoms with Crippen molar-refractivity contribution < 1.29 is 32.2 Å². The predicted molar refractivity (Wildman–Crippen MR) is 181 cm³/mol. The molecule has 262 valence electrons. The number of nitrogens with zero attached hydrogens (tertiary/aromatic N) is 6. The van der Waals surface area contributed by atoms with E-state index in [1.165, 1.54) is 6.33 Å². The number of hydrogen-bond donors (Lipinski definition) is 2. The van der Waals surface area contributed by atoms with Gasteiger partial charge in [0.15, 0.2) is 17.0 Å². The van der Waals surface area contributed by atoms with Gasteiger partial charge in [0, 0.05) is 40.0 Å². The maximum Gasteiger partial charge on any atom is 0.416 e. The lowest BCUT2D eigenvalue weighted by atomic mass is 9.92. The summed E-state index contributed by atoms with van der Waals surface area (Å²) >= 11 is 10.2. The number of anilines is 2. The summed E-state index contributed by atoms with van der Waals surface area (Å²) in [7, 11) is 0. The van der Waals surface area contributed by atoms with Gasteiger partial charge in [-0.1, -0.05) is 27.5 Å². The lowest BCUT2D eigenvalue weighted by molar-refractivity contribution is -0.137. The van der Waals surface area contributed by atoms with Crippen molar-refractivity contribution in [1.29, 1.82) is 0 Å². The fourth-order valence-electron chi connectivity index (χ4n) is 5.45. The second-order valence-electron chi connectivity index (χ2n) is 13.6. The van der Waals surface area contributed by atoms with Gasteiger partial charge in [0.1, 0.15) is 23.1 Å². The number of aromatic nitrogens is 5. The maximum atomic E-state index is 13.8. The van der Waals surface area contributed by atoms with Crippen LogP contribution >= 0.6 is 27.5 Å². The molecule has 0 radical (unpaired) electrons. The van der Waals surface area contributed by atoms with E-state index < -0.39 is 40.7 Å². The van der Waals surface area contributed by atoms with Crippen molar-refractivity contribution in [3.8, 4) is 0 Å². The van der Waals surface area contributed by atoms with Crippen LogP contribution in [0.2, 0.25) is 5.02 Å². The molecule has 5 rings (SSSR count). The number of halogens is 5. The smallest absolute Gasteiger partial charge is 0.416 e. The van der Waals surface area contributed by atoms with E-state index in [-0.39, 0.29) is 31.0 Å². The van der Waals surface area contributed by atoms with E-state index in [4.69, 9.17) is 21.1 Å². The summed E-state index contributed by atoms with van der Waals surface area (Å²) in [5.41, 5.74) is -1.61. The monoisotopic (exact) mass is 766 g/mol. The number of ether oxygens (including phenoxy) is 2. The number of imidazole rings is 1. The highest BCUT2D eigenvalue weighted by atomic mass is 79.9. The molecule has 0 saturated carbocycles. The molecule has 2 amide bonds. The molecule has 1 aliphatic heterocycles. The lowest BCUT2D eigenvalue weighted by Crippen LogP contribution is -2.50. The van der Waals surface area contributed by atoms with E-state index in [9.17, 15) is 22.8 Å². The van der Waals surface area contributed by atoms with Crippen LogP contribution in [0, 0.1) is 0 Å². The summed E-state index contributed by atoms with van der Waals surface area (Å²) in [5, 5.41) is 5.87. The zero-order chi connectivity index (χ0) is 35.9. The van der Waals surface area contributed by atoms with Crippen LogP contribution in [-0.4, -0.2) is 61.0 Å². The number of alkyl carbamates (subject to hydrolysis) is 1. The van der Waals surface area contributed by atoms with Crippen LogP contribution in [0.4, 0.5) is 34.3 Å². The second-order valence-corrected chi connectivity index (χ2v) is 14.9. The molecule has 2 N–H and O–H groups in total. The molecule has 17 heteroatoms. The third-order valence-corrected chi connectivity index (χ3v) is 8.34. The molecule has 1 aliphatic rings. The zero-order valence-electron chi connectivity index (χ0n) is 27.6. The number of rotatable bonds is 6. The Morgan fingerprint density at radius 3 is 2.37 bits per heavy atom. The highest BCUT2D eigenvalue weighted by Crippen LogP contribution is 2.41. The van der Waals surface area contributed by atoms with Crippen LogP contribution < -0.4 is 15.5 Å². The van der Waals surface area contributed by atoms with Crippen LogP contribution in [0.3, 0.4) is 0 Å². The number of benzene rings is 1. The molecule has 0 aliphatic carbocycles. The fourth-order valence-corrected chi connectivity index (χ4v) is 6.36. The minimum absolute atomic E-state index is 0.0423. The van der Waals surface area contributed by atoms with Crippen LogP contribution in [-0.2, 0) is 27.7 Å². The summed E-state index contributed by atoms with van der Waals surface area (Å²) < 4.78 is 54.6. The van der Waals surface area contributed by atoms with Crippen molar-refractivity contribution in [2.45, 2.75) is 77.4 Å². The van der Waals surface area contributed by atoms with Gasteiger partial charge in [0.2, 0.25) is 0 Å². The third-order valence-electron chi connectivity index (χ3n) is 7.41. The Labute approximate surface area is 293 Å². The first-order valence-electron chi connectivity index (χ1n) is 15.2. The Kier molecular flexibility index (Phi) is 9.78. The van der Waals surface area contributed by atoms with Crippen molar-refractivity contribution in [2.24, 2.45) is 0 Å². The number of pyridine rings is 1. The van der Waals surface area contributed by atoms with Gasteiger partial charge in [-0.2, -0.15) is 13.2 Å². The molecule has 4 aromatic rings. The van der Waals surface area contributed by atoms with Gasteiger partial charge in [-0.3, -0.25) is 10.3 Å². The van der Waals surface area contributed by atoms with Gasteiger partial charge >= 0.3 is 18.4 Å². The SMILES string of the molecule is CC(C)(C)OC(=O)Nc1ncnc2c1ncn2Cc1c(Br)cc(Cl)cc1N1CCC(NC(=O)OC(C)(C)C)(c2cc(C(F)(F)F)ccn2)C1. The van der Waals surface area contributed by atoms with E-state index in [1.807, 2.05) is 4.90 Å². The minimum atomic E-state index is -4.62. The number of carbonyl (C=O) groups excluding carboxylic acids is 2. The molecule has 3 aromatic heterocycles. The first kappa shape index (κ1) is 36.1. The summed E-state index contributed by atoms with van der Waals surface area (Å²) in [6, 6.07) is 5.31. The Hall–Kier alpha value is -4.18. The molecule has 0 spiro atoms. The Morgan fingerprint density at radius 2 is 1.69 bits per heavy atom. The van der Waals surface area contributed by atoms with E-state index >= 15 is 0 Å². The summed E-state index contributed by atoms with van der Waals surface area (Å²) in [6.07, 6.45) is -1.96. The van der Waals surface area contributed by atoms with Gasteiger partial charge in [-0.05, 0) is 72.2 Å². The van der Waals surface area contributed by atoms with Crippen molar-refractivity contribution in [3.63, 3.8) is 0 Å². The molecule has 1 saturated heterocycles. The number of hydrogen-bond acceptors (Lipinski definition) is 9. The van der Waals surface area contributed by atoms with Crippen LogP contribution in [0.1, 0.15) is 64.8 Å². The molecule has 1 atom stereocenters. The molecule has 0 bridgehead atoms. The Bertz CT molecular complexity index is 1890.